The average Bonchev–Trinajstić information content (AvgIpc) is 2.06. The Kier molecular flexibility index (Phi) is 4.15. The highest BCUT2D eigenvalue weighted by Crippen LogP contribution is 2.14. The van der Waals surface area contributed by atoms with E-state index in [9.17, 15) is 0 Å². The fourth-order valence-electron chi connectivity index (χ4n) is 0.943. The van der Waals surface area contributed by atoms with Crippen molar-refractivity contribution in [1.29, 1.82) is 0 Å². The quantitative estimate of drug-likeness (QED) is 0.449. The van der Waals surface area contributed by atoms with E-state index in [0.717, 1.165) is 17.4 Å². The summed E-state index contributed by atoms with van der Waals surface area (Å²) in [5, 5.41) is 3.32. The van der Waals surface area contributed by atoms with Crippen molar-refractivity contribution in [2.45, 2.75) is 6.42 Å². The van der Waals surface area contributed by atoms with Crippen LogP contribution in [0.15, 0.2) is 29.3 Å². The molecule has 1 aromatic rings. The smallest absolute Gasteiger partial charge is 0.0742 e. The van der Waals surface area contributed by atoms with Crippen molar-refractivity contribution < 1.29 is 0 Å². The Hall–Kier alpha value is -0.500. The van der Waals surface area contributed by atoms with Gasteiger partial charge >= 0.3 is 0 Å². The minimum atomic E-state index is 0.878. The van der Waals surface area contributed by atoms with Crippen LogP contribution in [0.3, 0.4) is 0 Å². The summed E-state index contributed by atoms with van der Waals surface area (Å²) < 4.78 is 0. The normalized spacial score (nSPS) is 9.08. The van der Waals surface area contributed by atoms with Crippen molar-refractivity contribution in [2.75, 3.05) is 5.33 Å². The van der Waals surface area contributed by atoms with Gasteiger partial charge in [-0.3, -0.25) is 0 Å². The van der Waals surface area contributed by atoms with Gasteiger partial charge in [0.25, 0.3) is 0 Å². The number of benzene rings is 1. The molecule has 0 N–H and O–H groups in total. The predicted molar refractivity (Wildman–Crippen MR) is 58.6 cm³/mol. The summed E-state index contributed by atoms with van der Waals surface area (Å²) in [6, 6.07) is 7.98. The van der Waals surface area contributed by atoms with Gasteiger partial charge < -0.3 is 0 Å². The third kappa shape index (κ3) is 2.86. The van der Waals surface area contributed by atoms with Crippen LogP contribution in [-0.4, -0.2) is 10.5 Å². The van der Waals surface area contributed by atoms with E-state index in [4.69, 9.17) is 0 Å². The molecule has 0 fully saturated rings. The molecule has 0 aliphatic rings. The molecule has 1 nitrogen and oxygen atoms in total. The third-order valence-corrected chi connectivity index (χ3v) is 1.96. The number of alkyl halides is 1. The fourth-order valence-corrected chi connectivity index (χ4v) is 1.51. The van der Waals surface area contributed by atoms with Crippen LogP contribution in [0.5, 0.6) is 0 Å². The number of isothiocyanates is 1. The summed E-state index contributed by atoms with van der Waals surface area (Å²) in [5.74, 6) is 0. The maximum absolute atomic E-state index is 4.52. The number of hydrogen-bond acceptors (Lipinski definition) is 2. The molecule has 0 aliphatic heterocycles. The minimum Gasteiger partial charge on any atom is -0.195 e. The van der Waals surface area contributed by atoms with E-state index in [1.54, 1.807) is 0 Å². The molecule has 62 valence electrons. The standard InChI is InChI=1S/C9H8BrNS/c10-5-4-8-2-1-3-9(6-8)11-7-12/h1-3,6H,4-5H2. The molecule has 0 saturated heterocycles. The summed E-state index contributed by atoms with van der Waals surface area (Å²) in [5.41, 5.74) is 2.14. The fraction of sp³-hybridized carbons (Fsp3) is 0.222. The molecule has 1 rings (SSSR count). The Balaban J connectivity index is 2.87. The van der Waals surface area contributed by atoms with Crippen molar-refractivity contribution in [1.82, 2.24) is 0 Å². The topological polar surface area (TPSA) is 12.4 Å². The van der Waals surface area contributed by atoms with E-state index in [1.807, 2.05) is 18.2 Å². The van der Waals surface area contributed by atoms with E-state index >= 15 is 0 Å². The Morgan fingerprint density at radius 2 is 2.33 bits per heavy atom. The summed E-state index contributed by atoms with van der Waals surface area (Å²) >= 11 is 7.90. The Morgan fingerprint density at radius 3 is 3.00 bits per heavy atom. The first-order valence-electron chi connectivity index (χ1n) is 3.59. The second-order valence-electron chi connectivity index (χ2n) is 2.31. The summed E-state index contributed by atoms with van der Waals surface area (Å²) in [7, 11) is 0. The van der Waals surface area contributed by atoms with E-state index in [1.165, 1.54) is 5.56 Å². The first-order valence-corrected chi connectivity index (χ1v) is 5.12. The van der Waals surface area contributed by atoms with Crippen molar-refractivity contribution in [3.8, 4) is 0 Å². The summed E-state index contributed by atoms with van der Waals surface area (Å²) in [6.45, 7) is 0. The number of hydrogen-bond donors (Lipinski definition) is 0. The lowest BCUT2D eigenvalue weighted by Crippen LogP contribution is -1.83. The van der Waals surface area contributed by atoms with Crippen LogP contribution in [0, 0.1) is 0 Å². The second kappa shape index (κ2) is 5.20. The zero-order valence-electron chi connectivity index (χ0n) is 6.46. The zero-order valence-corrected chi connectivity index (χ0v) is 8.86. The predicted octanol–water partition coefficient (Wildman–Crippen LogP) is 3.36. The van der Waals surface area contributed by atoms with Crippen molar-refractivity contribution in [2.24, 2.45) is 4.99 Å². The largest absolute Gasteiger partial charge is 0.195 e. The maximum atomic E-state index is 4.52. The molecule has 0 amide bonds. The van der Waals surface area contributed by atoms with Crippen LogP contribution in [0.2, 0.25) is 0 Å². The van der Waals surface area contributed by atoms with Gasteiger partial charge in [-0.15, -0.1) is 0 Å². The molecule has 0 atom stereocenters. The Bertz CT molecular complexity index is 305. The Morgan fingerprint density at radius 1 is 1.50 bits per heavy atom. The van der Waals surface area contributed by atoms with E-state index in [2.05, 4.69) is 44.4 Å². The lowest BCUT2D eigenvalue weighted by atomic mass is 10.1. The van der Waals surface area contributed by atoms with Crippen LogP contribution in [0.1, 0.15) is 5.56 Å². The monoisotopic (exact) mass is 241 g/mol. The SMILES string of the molecule is S=C=Nc1cccc(CCBr)c1. The molecule has 0 aliphatic carbocycles. The van der Waals surface area contributed by atoms with Crippen LogP contribution in [0.4, 0.5) is 5.69 Å². The number of thiocarbonyl (C=S) groups is 1. The number of aryl methyl sites for hydroxylation is 1. The second-order valence-corrected chi connectivity index (χ2v) is 3.29. The first kappa shape index (κ1) is 9.59. The molecule has 0 aromatic heterocycles. The van der Waals surface area contributed by atoms with E-state index in [0.29, 0.717) is 0 Å². The maximum Gasteiger partial charge on any atom is 0.0742 e. The molecule has 0 heterocycles. The number of rotatable bonds is 3. The summed E-state index contributed by atoms with van der Waals surface area (Å²) in [6.07, 6.45) is 1.01. The average molecular weight is 242 g/mol. The number of halogens is 1. The van der Waals surface area contributed by atoms with Crippen molar-refractivity contribution in [3.05, 3.63) is 29.8 Å². The van der Waals surface area contributed by atoms with Crippen molar-refractivity contribution >= 4 is 39.0 Å². The molecule has 0 bridgehead atoms. The minimum absolute atomic E-state index is 0.878. The molecule has 0 saturated carbocycles. The van der Waals surface area contributed by atoms with E-state index in [-0.39, 0.29) is 0 Å². The van der Waals surface area contributed by atoms with Crippen LogP contribution in [0.25, 0.3) is 0 Å². The van der Waals surface area contributed by atoms with Crippen LogP contribution >= 0.6 is 28.1 Å². The van der Waals surface area contributed by atoms with Crippen LogP contribution < -0.4 is 0 Å². The van der Waals surface area contributed by atoms with Gasteiger partial charge in [-0.2, -0.15) is 4.99 Å². The molecule has 0 unspecified atom stereocenters. The highest BCUT2D eigenvalue weighted by molar-refractivity contribution is 9.09. The molecular formula is C9H8BrNS. The van der Waals surface area contributed by atoms with Gasteiger partial charge in [0.2, 0.25) is 0 Å². The number of aliphatic imine (C=N–C) groups is 1. The molecule has 0 spiro atoms. The third-order valence-electron chi connectivity index (χ3n) is 1.47. The lowest BCUT2D eigenvalue weighted by Gasteiger charge is -1.97. The van der Waals surface area contributed by atoms with E-state index < -0.39 is 0 Å². The lowest BCUT2D eigenvalue weighted by molar-refractivity contribution is 1.17. The Labute approximate surface area is 85.6 Å². The van der Waals surface area contributed by atoms with Gasteiger partial charge in [-0.05, 0) is 36.3 Å². The number of nitrogens with zero attached hydrogens (tertiary/aromatic N) is 1. The molecule has 0 radical (unpaired) electrons. The molecule has 3 heteroatoms. The highest BCUT2D eigenvalue weighted by Gasteiger charge is 1.92. The first-order chi connectivity index (χ1) is 5.86. The van der Waals surface area contributed by atoms with Gasteiger partial charge in [0.05, 0.1) is 10.8 Å². The van der Waals surface area contributed by atoms with Gasteiger partial charge in [0.15, 0.2) is 0 Å². The van der Waals surface area contributed by atoms with Gasteiger partial charge in [0, 0.05) is 5.33 Å². The zero-order chi connectivity index (χ0) is 8.81. The molecule has 1 aromatic carbocycles. The van der Waals surface area contributed by atoms with Gasteiger partial charge in [-0.25, -0.2) is 0 Å². The summed E-state index contributed by atoms with van der Waals surface area (Å²) in [4.78, 5) is 3.90. The van der Waals surface area contributed by atoms with Gasteiger partial charge in [0.1, 0.15) is 0 Å². The highest BCUT2D eigenvalue weighted by atomic mass is 79.9. The van der Waals surface area contributed by atoms with Crippen molar-refractivity contribution in [3.63, 3.8) is 0 Å². The molecular weight excluding hydrogens is 234 g/mol. The molecule has 12 heavy (non-hydrogen) atoms. The van der Waals surface area contributed by atoms with Gasteiger partial charge in [-0.1, -0.05) is 28.1 Å². The van der Waals surface area contributed by atoms with Crippen LogP contribution in [-0.2, 0) is 6.42 Å².